The maximum absolute atomic E-state index is 11.3. The lowest BCUT2D eigenvalue weighted by Crippen LogP contribution is -2.21. The molecule has 1 amide bonds. The zero-order chi connectivity index (χ0) is 11.7. The minimum Gasteiger partial charge on any atom is -0.385 e. The fourth-order valence-corrected chi connectivity index (χ4v) is 2.94. The van der Waals surface area contributed by atoms with Crippen molar-refractivity contribution in [3.05, 3.63) is 18.2 Å². The molecule has 4 heteroatoms. The molecular weight excluding hydrogens is 232 g/mol. The Morgan fingerprint density at radius 1 is 1.41 bits per heavy atom. The van der Waals surface area contributed by atoms with E-state index in [-0.39, 0.29) is 5.91 Å². The molecule has 17 heavy (non-hydrogen) atoms. The van der Waals surface area contributed by atoms with Crippen LogP contribution >= 0.6 is 11.8 Å². The molecule has 1 aliphatic carbocycles. The third kappa shape index (κ3) is 2.41. The number of thioether (sulfide) groups is 1. The number of benzene rings is 1. The number of hydrogen-bond donors (Lipinski definition) is 2. The summed E-state index contributed by atoms with van der Waals surface area (Å²) in [5.41, 5.74) is 2.06. The second-order valence-corrected chi connectivity index (χ2v) is 5.74. The van der Waals surface area contributed by atoms with Gasteiger partial charge in [0.1, 0.15) is 0 Å². The molecule has 1 saturated carbocycles. The third-order valence-electron chi connectivity index (χ3n) is 3.43. The Labute approximate surface area is 105 Å². The van der Waals surface area contributed by atoms with Crippen LogP contribution in [0.4, 0.5) is 11.4 Å². The summed E-state index contributed by atoms with van der Waals surface area (Å²) in [5, 5.41) is 6.37. The number of anilines is 2. The van der Waals surface area contributed by atoms with Crippen molar-refractivity contribution in [2.24, 2.45) is 5.92 Å². The van der Waals surface area contributed by atoms with Crippen LogP contribution in [0.2, 0.25) is 0 Å². The quantitative estimate of drug-likeness (QED) is 0.864. The monoisotopic (exact) mass is 248 g/mol. The van der Waals surface area contributed by atoms with Crippen LogP contribution in [-0.2, 0) is 4.79 Å². The summed E-state index contributed by atoms with van der Waals surface area (Å²) in [6.45, 7) is 1.06. The van der Waals surface area contributed by atoms with E-state index in [0.29, 0.717) is 5.75 Å². The maximum atomic E-state index is 11.3. The van der Waals surface area contributed by atoms with E-state index in [1.54, 1.807) is 11.8 Å². The van der Waals surface area contributed by atoms with Crippen LogP contribution in [0.25, 0.3) is 0 Å². The summed E-state index contributed by atoms with van der Waals surface area (Å²) in [6.07, 6.45) is 4.08. The molecule has 0 aromatic heterocycles. The molecule has 0 spiro atoms. The largest absolute Gasteiger partial charge is 0.385 e. The van der Waals surface area contributed by atoms with Crippen molar-refractivity contribution in [1.82, 2.24) is 0 Å². The van der Waals surface area contributed by atoms with Crippen molar-refractivity contribution >= 4 is 29.0 Å². The normalized spacial score (nSPS) is 19.2. The number of rotatable bonds is 3. The molecule has 2 aliphatic rings. The van der Waals surface area contributed by atoms with Gasteiger partial charge in [-0.3, -0.25) is 4.79 Å². The predicted molar refractivity (Wildman–Crippen MR) is 71.6 cm³/mol. The van der Waals surface area contributed by atoms with Crippen LogP contribution in [-0.4, -0.2) is 18.2 Å². The number of amides is 1. The number of carbonyl (C=O) groups is 1. The van der Waals surface area contributed by atoms with Gasteiger partial charge in [0.25, 0.3) is 0 Å². The first-order chi connectivity index (χ1) is 8.31. The number of fused-ring (bicyclic) bond motifs is 1. The molecule has 3 rings (SSSR count). The van der Waals surface area contributed by atoms with E-state index in [1.807, 2.05) is 6.07 Å². The highest BCUT2D eigenvalue weighted by Crippen LogP contribution is 2.34. The highest BCUT2D eigenvalue weighted by Gasteiger charge is 2.18. The van der Waals surface area contributed by atoms with Gasteiger partial charge in [-0.15, -0.1) is 11.8 Å². The summed E-state index contributed by atoms with van der Waals surface area (Å²) >= 11 is 1.61. The standard InChI is InChI=1S/C13H16N2OS/c16-13-8-17-12-5-4-10(6-11(12)15-13)14-7-9-2-1-3-9/h4-6,9,14H,1-3,7-8H2,(H,15,16). The summed E-state index contributed by atoms with van der Waals surface area (Å²) in [5.74, 6) is 1.47. The number of nitrogens with one attached hydrogen (secondary N) is 2. The van der Waals surface area contributed by atoms with Crippen molar-refractivity contribution < 1.29 is 4.79 Å². The topological polar surface area (TPSA) is 41.1 Å². The Morgan fingerprint density at radius 2 is 2.29 bits per heavy atom. The van der Waals surface area contributed by atoms with Crippen molar-refractivity contribution in [1.29, 1.82) is 0 Å². The molecular formula is C13H16N2OS. The van der Waals surface area contributed by atoms with Crippen LogP contribution < -0.4 is 10.6 Å². The van der Waals surface area contributed by atoms with E-state index in [0.717, 1.165) is 23.8 Å². The predicted octanol–water partition coefficient (Wildman–Crippen LogP) is 2.94. The molecule has 1 aliphatic heterocycles. The van der Waals surface area contributed by atoms with Gasteiger partial charge >= 0.3 is 0 Å². The Balaban J connectivity index is 1.68. The van der Waals surface area contributed by atoms with Crippen LogP contribution in [0.15, 0.2) is 23.1 Å². The molecule has 2 N–H and O–H groups in total. The number of hydrogen-bond acceptors (Lipinski definition) is 3. The molecule has 1 heterocycles. The van der Waals surface area contributed by atoms with Crippen LogP contribution in [0, 0.1) is 5.92 Å². The highest BCUT2D eigenvalue weighted by atomic mass is 32.2. The molecule has 90 valence electrons. The average molecular weight is 248 g/mol. The first kappa shape index (κ1) is 11.0. The molecule has 0 unspecified atom stereocenters. The van der Waals surface area contributed by atoms with Gasteiger partial charge in [0.05, 0.1) is 11.4 Å². The lowest BCUT2D eigenvalue weighted by molar-refractivity contribution is -0.113. The molecule has 0 atom stereocenters. The molecule has 0 bridgehead atoms. The van der Waals surface area contributed by atoms with E-state index in [1.165, 1.54) is 24.2 Å². The Morgan fingerprint density at radius 3 is 3.06 bits per heavy atom. The molecule has 0 saturated heterocycles. The SMILES string of the molecule is O=C1CSc2ccc(NCC3CCC3)cc2N1. The first-order valence-corrected chi connectivity index (χ1v) is 7.10. The van der Waals surface area contributed by atoms with Gasteiger partial charge < -0.3 is 10.6 Å². The summed E-state index contributed by atoms with van der Waals surface area (Å²) in [6, 6.07) is 6.22. The fourth-order valence-electron chi connectivity index (χ4n) is 2.15. The van der Waals surface area contributed by atoms with Crippen LogP contribution in [0.3, 0.4) is 0 Å². The van der Waals surface area contributed by atoms with Crippen LogP contribution in [0.5, 0.6) is 0 Å². The minimum atomic E-state index is 0.0960. The highest BCUT2D eigenvalue weighted by molar-refractivity contribution is 8.00. The van der Waals surface area contributed by atoms with E-state index < -0.39 is 0 Å². The Bertz CT molecular complexity index is 443. The molecule has 1 aromatic carbocycles. The van der Waals surface area contributed by atoms with Crippen molar-refractivity contribution in [3.63, 3.8) is 0 Å². The summed E-state index contributed by atoms with van der Waals surface area (Å²) in [7, 11) is 0. The fraction of sp³-hybridized carbons (Fsp3) is 0.462. The van der Waals surface area contributed by atoms with E-state index >= 15 is 0 Å². The third-order valence-corrected chi connectivity index (χ3v) is 4.51. The second-order valence-electron chi connectivity index (χ2n) is 4.73. The van der Waals surface area contributed by atoms with Gasteiger partial charge in [-0.1, -0.05) is 6.42 Å². The van der Waals surface area contributed by atoms with Gasteiger partial charge in [0.2, 0.25) is 5.91 Å². The van der Waals surface area contributed by atoms with Crippen LogP contribution in [0.1, 0.15) is 19.3 Å². The smallest absolute Gasteiger partial charge is 0.234 e. The van der Waals surface area contributed by atoms with Gasteiger partial charge in [-0.05, 0) is 37.0 Å². The summed E-state index contributed by atoms with van der Waals surface area (Å²) in [4.78, 5) is 12.5. The lowest BCUT2D eigenvalue weighted by atomic mass is 9.85. The first-order valence-electron chi connectivity index (χ1n) is 6.12. The van der Waals surface area contributed by atoms with Crippen molar-refractivity contribution in [2.45, 2.75) is 24.2 Å². The average Bonchev–Trinajstić information content (AvgIpc) is 2.26. The Hall–Kier alpha value is -1.16. The molecule has 0 radical (unpaired) electrons. The van der Waals surface area contributed by atoms with Gasteiger partial charge in [0.15, 0.2) is 0 Å². The van der Waals surface area contributed by atoms with Crippen molar-refractivity contribution in [3.8, 4) is 0 Å². The summed E-state index contributed by atoms with van der Waals surface area (Å²) < 4.78 is 0. The molecule has 3 nitrogen and oxygen atoms in total. The van der Waals surface area contributed by atoms with E-state index in [2.05, 4.69) is 22.8 Å². The van der Waals surface area contributed by atoms with E-state index in [4.69, 9.17) is 0 Å². The number of carbonyl (C=O) groups excluding carboxylic acids is 1. The molecule has 1 fully saturated rings. The Kier molecular flexibility index (Phi) is 2.97. The van der Waals surface area contributed by atoms with Gasteiger partial charge in [-0.2, -0.15) is 0 Å². The zero-order valence-corrected chi connectivity index (χ0v) is 10.5. The zero-order valence-electron chi connectivity index (χ0n) is 9.66. The van der Waals surface area contributed by atoms with E-state index in [9.17, 15) is 4.79 Å². The lowest BCUT2D eigenvalue weighted by Gasteiger charge is -2.26. The minimum absolute atomic E-state index is 0.0960. The van der Waals surface area contributed by atoms with Gasteiger partial charge in [0, 0.05) is 17.1 Å². The molecule has 1 aromatic rings. The second kappa shape index (κ2) is 4.61. The van der Waals surface area contributed by atoms with Crippen molar-refractivity contribution in [2.75, 3.05) is 22.9 Å². The maximum Gasteiger partial charge on any atom is 0.234 e. The van der Waals surface area contributed by atoms with Gasteiger partial charge in [-0.25, -0.2) is 0 Å².